The van der Waals surface area contributed by atoms with Crippen LogP contribution >= 0.6 is 0 Å². The van der Waals surface area contributed by atoms with Gasteiger partial charge in [-0.25, -0.2) is 4.79 Å². The van der Waals surface area contributed by atoms with Crippen molar-refractivity contribution in [1.82, 2.24) is 4.90 Å². The molecule has 1 aliphatic heterocycles. The van der Waals surface area contributed by atoms with Crippen molar-refractivity contribution in [3.63, 3.8) is 0 Å². The number of allylic oxidation sites excluding steroid dienone is 2. The van der Waals surface area contributed by atoms with E-state index in [4.69, 9.17) is 0 Å². The Kier molecular flexibility index (Phi) is 5.86. The van der Waals surface area contributed by atoms with Crippen LogP contribution in [0, 0.1) is 17.3 Å². The molecule has 0 radical (unpaired) electrons. The molecule has 2 N–H and O–H groups in total. The number of nitrogens with zero attached hydrogens (tertiary/aromatic N) is 1. The Labute approximate surface area is 155 Å². The SMILES string of the molecule is CC1=CC(C(=O)O)(C2CCN(CC3CCCCC3)CC2)CC(C(=O)O)=C1. The number of hydrogen-bond donors (Lipinski definition) is 2. The maximum Gasteiger partial charge on any atom is 0.331 e. The molecule has 1 atom stereocenters. The van der Waals surface area contributed by atoms with Crippen LogP contribution in [-0.2, 0) is 9.59 Å². The highest BCUT2D eigenvalue weighted by Gasteiger charge is 2.47. The Bertz CT molecular complexity index is 610. The van der Waals surface area contributed by atoms with E-state index in [9.17, 15) is 19.8 Å². The van der Waals surface area contributed by atoms with Crippen molar-refractivity contribution < 1.29 is 19.8 Å². The summed E-state index contributed by atoms with van der Waals surface area (Å²) in [7, 11) is 0. The number of aliphatic carboxylic acids is 2. The lowest BCUT2D eigenvalue weighted by Crippen LogP contribution is -2.46. The highest BCUT2D eigenvalue weighted by molar-refractivity contribution is 5.90. The fraction of sp³-hybridized carbons (Fsp3) is 0.714. The average Bonchev–Trinajstić information content (AvgIpc) is 2.62. The van der Waals surface area contributed by atoms with E-state index >= 15 is 0 Å². The van der Waals surface area contributed by atoms with Gasteiger partial charge in [0.05, 0.1) is 5.41 Å². The van der Waals surface area contributed by atoms with E-state index in [0.717, 1.165) is 44.0 Å². The second-order valence-electron chi connectivity index (χ2n) is 8.46. The summed E-state index contributed by atoms with van der Waals surface area (Å²) >= 11 is 0. The molecule has 3 rings (SSSR count). The van der Waals surface area contributed by atoms with Crippen LogP contribution in [0.1, 0.15) is 58.3 Å². The first-order valence-corrected chi connectivity index (χ1v) is 10.00. The first-order chi connectivity index (χ1) is 12.4. The summed E-state index contributed by atoms with van der Waals surface area (Å²) in [6, 6.07) is 0. The molecule has 144 valence electrons. The lowest BCUT2D eigenvalue weighted by Gasteiger charge is -2.43. The van der Waals surface area contributed by atoms with E-state index in [-0.39, 0.29) is 17.9 Å². The molecule has 0 aromatic carbocycles. The minimum atomic E-state index is -1.07. The predicted molar refractivity (Wildman–Crippen MR) is 99.9 cm³/mol. The Morgan fingerprint density at radius 2 is 1.77 bits per heavy atom. The summed E-state index contributed by atoms with van der Waals surface area (Å²) in [6.07, 6.45) is 11.9. The normalized spacial score (nSPS) is 29.1. The second kappa shape index (κ2) is 7.95. The molecular formula is C21H31NO4. The van der Waals surface area contributed by atoms with Gasteiger partial charge in [0.1, 0.15) is 0 Å². The number of rotatable bonds is 5. The summed E-state index contributed by atoms with van der Waals surface area (Å²) in [5.41, 5.74) is -0.0959. The van der Waals surface area contributed by atoms with Gasteiger partial charge in [-0.1, -0.05) is 30.9 Å². The smallest absolute Gasteiger partial charge is 0.331 e. The summed E-state index contributed by atoms with van der Waals surface area (Å²) in [6.45, 7) is 4.80. The molecule has 0 amide bonds. The van der Waals surface area contributed by atoms with Crippen molar-refractivity contribution >= 4 is 11.9 Å². The third kappa shape index (κ3) is 4.03. The summed E-state index contributed by atoms with van der Waals surface area (Å²) < 4.78 is 0. The van der Waals surface area contributed by atoms with Crippen molar-refractivity contribution in [2.45, 2.75) is 58.3 Å². The lowest BCUT2D eigenvalue weighted by atomic mass is 9.64. The van der Waals surface area contributed by atoms with Crippen molar-refractivity contribution in [3.05, 3.63) is 23.3 Å². The third-order valence-corrected chi connectivity index (χ3v) is 6.60. The molecule has 5 heteroatoms. The maximum atomic E-state index is 12.2. The first-order valence-electron chi connectivity index (χ1n) is 10.00. The third-order valence-electron chi connectivity index (χ3n) is 6.60. The van der Waals surface area contributed by atoms with Gasteiger partial charge in [-0.15, -0.1) is 0 Å². The van der Waals surface area contributed by atoms with Crippen LogP contribution in [0.4, 0.5) is 0 Å². The second-order valence-corrected chi connectivity index (χ2v) is 8.46. The Hall–Kier alpha value is -1.62. The summed E-state index contributed by atoms with van der Waals surface area (Å²) in [5.74, 6) is -1.08. The van der Waals surface area contributed by atoms with Crippen LogP contribution in [0.5, 0.6) is 0 Å². The maximum absolute atomic E-state index is 12.2. The van der Waals surface area contributed by atoms with E-state index in [0.29, 0.717) is 0 Å². The van der Waals surface area contributed by atoms with Crippen LogP contribution in [0.25, 0.3) is 0 Å². The number of carbonyl (C=O) groups is 2. The van der Waals surface area contributed by atoms with Gasteiger partial charge in [-0.3, -0.25) is 4.79 Å². The zero-order valence-electron chi connectivity index (χ0n) is 15.7. The zero-order chi connectivity index (χ0) is 18.7. The van der Waals surface area contributed by atoms with Gasteiger partial charge in [0.2, 0.25) is 0 Å². The monoisotopic (exact) mass is 361 g/mol. The predicted octanol–water partition coefficient (Wildman–Crippen LogP) is 3.71. The number of carboxylic acids is 2. The Morgan fingerprint density at radius 1 is 1.12 bits per heavy atom. The minimum Gasteiger partial charge on any atom is -0.481 e. The highest BCUT2D eigenvalue weighted by atomic mass is 16.4. The van der Waals surface area contributed by atoms with Crippen LogP contribution in [0.3, 0.4) is 0 Å². The molecule has 3 aliphatic rings. The molecule has 2 aliphatic carbocycles. The quantitative estimate of drug-likeness (QED) is 0.780. The molecule has 0 spiro atoms. The molecule has 1 unspecified atom stereocenters. The van der Waals surface area contributed by atoms with Crippen molar-refractivity contribution in [2.75, 3.05) is 19.6 Å². The van der Waals surface area contributed by atoms with E-state index in [2.05, 4.69) is 4.90 Å². The molecule has 1 saturated carbocycles. The number of likely N-dealkylation sites (tertiary alicyclic amines) is 1. The van der Waals surface area contributed by atoms with Crippen LogP contribution in [-0.4, -0.2) is 46.7 Å². The van der Waals surface area contributed by atoms with Gasteiger partial charge in [0.25, 0.3) is 0 Å². The van der Waals surface area contributed by atoms with E-state index < -0.39 is 17.4 Å². The van der Waals surface area contributed by atoms with Gasteiger partial charge < -0.3 is 15.1 Å². The zero-order valence-corrected chi connectivity index (χ0v) is 15.7. The van der Waals surface area contributed by atoms with Crippen molar-refractivity contribution in [2.24, 2.45) is 17.3 Å². The van der Waals surface area contributed by atoms with Gasteiger partial charge >= 0.3 is 11.9 Å². The molecule has 0 aromatic heterocycles. The molecule has 26 heavy (non-hydrogen) atoms. The molecule has 2 fully saturated rings. The topological polar surface area (TPSA) is 77.8 Å². The van der Waals surface area contributed by atoms with E-state index in [1.807, 2.05) is 6.08 Å². The van der Waals surface area contributed by atoms with Crippen molar-refractivity contribution in [3.8, 4) is 0 Å². The van der Waals surface area contributed by atoms with Crippen LogP contribution < -0.4 is 0 Å². The van der Waals surface area contributed by atoms with E-state index in [1.165, 1.54) is 32.1 Å². The molecular weight excluding hydrogens is 330 g/mol. The molecule has 0 aromatic rings. The molecule has 1 saturated heterocycles. The standard InChI is InChI=1S/C21H31NO4/c1-15-11-17(19(23)24)13-21(12-15,20(25)26)18-7-9-22(10-8-18)14-16-5-3-2-4-6-16/h11-12,16,18H,2-10,13-14H2,1H3,(H,23,24)(H,25,26). The molecule has 5 nitrogen and oxygen atoms in total. The van der Waals surface area contributed by atoms with Gasteiger partial charge in [-0.05, 0) is 70.0 Å². The van der Waals surface area contributed by atoms with Crippen molar-refractivity contribution in [1.29, 1.82) is 0 Å². The van der Waals surface area contributed by atoms with Gasteiger partial charge in [0, 0.05) is 12.1 Å². The van der Waals surface area contributed by atoms with Gasteiger partial charge in [0.15, 0.2) is 0 Å². The number of hydrogen-bond acceptors (Lipinski definition) is 3. The Balaban J connectivity index is 1.66. The summed E-state index contributed by atoms with van der Waals surface area (Å²) in [5, 5.41) is 19.4. The number of carboxylic acid groups (broad SMARTS) is 2. The largest absolute Gasteiger partial charge is 0.481 e. The Morgan fingerprint density at radius 3 is 2.35 bits per heavy atom. The lowest BCUT2D eigenvalue weighted by molar-refractivity contribution is -0.150. The molecule has 1 heterocycles. The van der Waals surface area contributed by atoms with E-state index in [1.54, 1.807) is 13.0 Å². The number of piperidine rings is 1. The van der Waals surface area contributed by atoms with Crippen LogP contribution in [0.15, 0.2) is 23.3 Å². The fourth-order valence-corrected chi connectivity index (χ4v) is 5.22. The first kappa shape index (κ1) is 19.2. The van der Waals surface area contributed by atoms with Crippen LogP contribution in [0.2, 0.25) is 0 Å². The van der Waals surface area contributed by atoms with Gasteiger partial charge in [-0.2, -0.15) is 0 Å². The average molecular weight is 361 g/mol. The fourth-order valence-electron chi connectivity index (χ4n) is 5.22. The summed E-state index contributed by atoms with van der Waals surface area (Å²) in [4.78, 5) is 26.2. The molecule has 0 bridgehead atoms. The highest BCUT2D eigenvalue weighted by Crippen LogP contribution is 2.45. The minimum absolute atomic E-state index is 0.000561.